The predicted octanol–water partition coefficient (Wildman–Crippen LogP) is 3.71. The zero-order chi connectivity index (χ0) is 18.4. The molecule has 2 aromatic rings. The van der Waals surface area contributed by atoms with Gasteiger partial charge >= 0.3 is 0 Å². The highest BCUT2D eigenvalue weighted by Gasteiger charge is 2.17. The number of nitrogens with zero attached hydrogens (tertiary/aromatic N) is 1. The lowest BCUT2D eigenvalue weighted by molar-refractivity contribution is -0.385. The molecule has 2 rings (SSSR count). The second-order valence-corrected chi connectivity index (χ2v) is 5.41. The van der Waals surface area contributed by atoms with Crippen LogP contribution in [0.25, 0.3) is 0 Å². The third kappa shape index (κ3) is 4.94. The lowest BCUT2D eigenvalue weighted by atomic mass is 10.2. The van der Waals surface area contributed by atoms with Crippen LogP contribution in [0.1, 0.15) is 19.4 Å². The summed E-state index contributed by atoms with van der Waals surface area (Å²) in [7, 11) is 0. The van der Waals surface area contributed by atoms with Crippen molar-refractivity contribution in [1.29, 1.82) is 0 Å². The minimum atomic E-state index is -0.757. The van der Waals surface area contributed by atoms with E-state index >= 15 is 0 Å². The fourth-order valence-electron chi connectivity index (χ4n) is 2.21. The van der Waals surface area contributed by atoms with Gasteiger partial charge in [0.05, 0.1) is 11.5 Å². The first-order valence-electron chi connectivity index (χ1n) is 7.86. The van der Waals surface area contributed by atoms with Crippen molar-refractivity contribution in [3.05, 3.63) is 58.1 Å². The molecule has 0 aliphatic rings. The molecule has 0 saturated heterocycles. The molecule has 0 aliphatic heterocycles. The number of ether oxygens (including phenoxy) is 2. The second kappa shape index (κ2) is 8.14. The molecule has 1 atom stereocenters. The summed E-state index contributed by atoms with van der Waals surface area (Å²) in [6.07, 6.45) is -0.757. The summed E-state index contributed by atoms with van der Waals surface area (Å²) in [6.45, 7) is 5.70. The van der Waals surface area contributed by atoms with Crippen molar-refractivity contribution in [1.82, 2.24) is 0 Å². The zero-order valence-corrected chi connectivity index (χ0v) is 14.3. The molecule has 7 heteroatoms. The van der Waals surface area contributed by atoms with Gasteiger partial charge in [-0.1, -0.05) is 0 Å². The van der Waals surface area contributed by atoms with Gasteiger partial charge in [-0.2, -0.15) is 0 Å². The molecule has 25 heavy (non-hydrogen) atoms. The molecule has 1 amide bonds. The largest absolute Gasteiger partial charge is 0.494 e. The lowest BCUT2D eigenvalue weighted by Crippen LogP contribution is -2.30. The molecule has 0 saturated carbocycles. The topological polar surface area (TPSA) is 90.7 Å². The minimum Gasteiger partial charge on any atom is -0.494 e. The summed E-state index contributed by atoms with van der Waals surface area (Å²) in [5.74, 6) is 0.809. The van der Waals surface area contributed by atoms with Gasteiger partial charge in [0.1, 0.15) is 11.5 Å². The second-order valence-electron chi connectivity index (χ2n) is 5.41. The fourth-order valence-corrected chi connectivity index (χ4v) is 2.21. The number of hydrogen-bond acceptors (Lipinski definition) is 5. The Morgan fingerprint density at radius 2 is 1.84 bits per heavy atom. The van der Waals surface area contributed by atoms with Gasteiger partial charge in [-0.15, -0.1) is 0 Å². The zero-order valence-electron chi connectivity index (χ0n) is 14.3. The van der Waals surface area contributed by atoms with Crippen molar-refractivity contribution < 1.29 is 19.2 Å². The van der Waals surface area contributed by atoms with Crippen molar-refractivity contribution in [2.24, 2.45) is 0 Å². The van der Waals surface area contributed by atoms with E-state index < -0.39 is 11.0 Å². The van der Waals surface area contributed by atoms with Gasteiger partial charge in [-0.05, 0) is 57.2 Å². The highest BCUT2D eigenvalue weighted by atomic mass is 16.6. The Kier molecular flexibility index (Phi) is 5.94. The normalized spacial score (nSPS) is 11.5. The summed E-state index contributed by atoms with van der Waals surface area (Å²) in [5.41, 5.74) is 1.12. The number of anilines is 1. The van der Waals surface area contributed by atoms with Crippen molar-refractivity contribution in [3.8, 4) is 11.5 Å². The maximum Gasteiger partial charge on any atom is 0.272 e. The number of rotatable bonds is 7. The van der Waals surface area contributed by atoms with E-state index in [1.54, 1.807) is 44.2 Å². The fraction of sp³-hybridized carbons (Fsp3) is 0.278. The van der Waals surface area contributed by atoms with E-state index in [1.807, 2.05) is 6.92 Å². The Bertz CT molecular complexity index is 759. The summed E-state index contributed by atoms with van der Waals surface area (Å²) in [4.78, 5) is 22.6. The quantitative estimate of drug-likeness (QED) is 0.611. The summed E-state index contributed by atoms with van der Waals surface area (Å²) in [5, 5.41) is 13.6. The van der Waals surface area contributed by atoms with Gasteiger partial charge in [0.25, 0.3) is 11.6 Å². The van der Waals surface area contributed by atoms with E-state index in [4.69, 9.17) is 9.47 Å². The molecule has 1 N–H and O–H groups in total. The summed E-state index contributed by atoms with van der Waals surface area (Å²) in [6, 6.07) is 11.4. The van der Waals surface area contributed by atoms with Gasteiger partial charge in [0.15, 0.2) is 6.10 Å². The monoisotopic (exact) mass is 344 g/mol. The van der Waals surface area contributed by atoms with Crippen LogP contribution in [0.2, 0.25) is 0 Å². The summed E-state index contributed by atoms with van der Waals surface area (Å²) < 4.78 is 10.9. The summed E-state index contributed by atoms with van der Waals surface area (Å²) >= 11 is 0. The average molecular weight is 344 g/mol. The molecular formula is C18H20N2O5. The Labute approximate surface area is 145 Å². The molecular weight excluding hydrogens is 324 g/mol. The molecule has 0 unspecified atom stereocenters. The molecule has 0 aliphatic carbocycles. The highest BCUT2D eigenvalue weighted by Crippen LogP contribution is 2.24. The van der Waals surface area contributed by atoms with Crippen LogP contribution in [-0.2, 0) is 4.79 Å². The Morgan fingerprint density at radius 1 is 1.20 bits per heavy atom. The molecule has 0 spiro atoms. The first-order valence-corrected chi connectivity index (χ1v) is 7.86. The maximum atomic E-state index is 12.2. The predicted molar refractivity (Wildman–Crippen MR) is 94.2 cm³/mol. The van der Waals surface area contributed by atoms with Crippen LogP contribution in [0, 0.1) is 17.0 Å². The lowest BCUT2D eigenvalue weighted by Gasteiger charge is -2.15. The van der Waals surface area contributed by atoms with E-state index in [0.717, 1.165) is 5.75 Å². The SMILES string of the molecule is CCOc1ccc(NC(=O)[C@@H](C)Oc2ccc([N+](=O)[O-])c(C)c2)cc1. The van der Waals surface area contributed by atoms with Gasteiger partial charge < -0.3 is 14.8 Å². The van der Waals surface area contributed by atoms with E-state index in [1.165, 1.54) is 12.1 Å². The molecule has 0 bridgehead atoms. The van der Waals surface area contributed by atoms with Crippen molar-refractivity contribution >= 4 is 17.3 Å². The van der Waals surface area contributed by atoms with Crippen LogP contribution < -0.4 is 14.8 Å². The number of nitrogens with one attached hydrogen (secondary N) is 1. The van der Waals surface area contributed by atoms with Crippen LogP contribution in [0.15, 0.2) is 42.5 Å². The van der Waals surface area contributed by atoms with Crippen LogP contribution in [-0.4, -0.2) is 23.5 Å². The molecule has 132 valence electrons. The highest BCUT2D eigenvalue weighted by molar-refractivity contribution is 5.94. The van der Waals surface area contributed by atoms with Crippen molar-refractivity contribution in [2.45, 2.75) is 26.9 Å². The number of nitro benzene ring substituents is 1. The number of amides is 1. The van der Waals surface area contributed by atoms with Gasteiger partial charge in [0, 0.05) is 17.3 Å². The number of carbonyl (C=O) groups is 1. The first-order chi connectivity index (χ1) is 11.9. The molecule has 0 radical (unpaired) electrons. The Balaban J connectivity index is 1.98. The maximum absolute atomic E-state index is 12.2. The first kappa shape index (κ1) is 18.3. The van der Waals surface area contributed by atoms with Crippen molar-refractivity contribution in [3.63, 3.8) is 0 Å². The standard InChI is InChI=1S/C18H20N2O5/c1-4-24-15-7-5-14(6-8-15)19-18(21)13(3)25-16-9-10-17(20(22)23)12(2)11-16/h5-11,13H,4H2,1-3H3,(H,19,21)/t13-/m1/s1. The Hall–Kier alpha value is -3.09. The number of benzene rings is 2. The molecule has 7 nitrogen and oxygen atoms in total. The van der Waals surface area contributed by atoms with Gasteiger partial charge in [0.2, 0.25) is 0 Å². The van der Waals surface area contributed by atoms with Crippen LogP contribution in [0.4, 0.5) is 11.4 Å². The number of hydrogen-bond donors (Lipinski definition) is 1. The van der Waals surface area contributed by atoms with E-state index in [9.17, 15) is 14.9 Å². The van der Waals surface area contributed by atoms with E-state index in [2.05, 4.69) is 5.32 Å². The number of carbonyl (C=O) groups excluding carboxylic acids is 1. The van der Waals surface area contributed by atoms with Gasteiger partial charge in [-0.25, -0.2) is 0 Å². The smallest absolute Gasteiger partial charge is 0.272 e. The third-order valence-corrected chi connectivity index (χ3v) is 3.48. The van der Waals surface area contributed by atoms with Crippen LogP contribution >= 0.6 is 0 Å². The Morgan fingerprint density at radius 3 is 2.40 bits per heavy atom. The van der Waals surface area contributed by atoms with E-state index in [0.29, 0.717) is 23.6 Å². The minimum absolute atomic E-state index is 0.0128. The molecule has 0 heterocycles. The number of nitro groups is 1. The average Bonchev–Trinajstić information content (AvgIpc) is 2.56. The molecule has 2 aromatic carbocycles. The van der Waals surface area contributed by atoms with Crippen LogP contribution in [0.5, 0.6) is 11.5 Å². The third-order valence-electron chi connectivity index (χ3n) is 3.48. The number of aryl methyl sites for hydroxylation is 1. The van der Waals surface area contributed by atoms with Gasteiger partial charge in [-0.3, -0.25) is 14.9 Å². The van der Waals surface area contributed by atoms with E-state index in [-0.39, 0.29) is 11.6 Å². The molecule has 0 aromatic heterocycles. The molecule has 0 fully saturated rings. The van der Waals surface area contributed by atoms with Crippen molar-refractivity contribution in [2.75, 3.05) is 11.9 Å². The van der Waals surface area contributed by atoms with Crippen LogP contribution in [0.3, 0.4) is 0 Å².